The minimum absolute atomic E-state index is 0.00746. The van der Waals surface area contributed by atoms with Gasteiger partial charge in [0.15, 0.2) is 5.82 Å². The molecule has 2 amide bonds. The summed E-state index contributed by atoms with van der Waals surface area (Å²) in [5.41, 5.74) is 5.20. The van der Waals surface area contributed by atoms with Gasteiger partial charge in [-0.15, -0.1) is 0 Å². The van der Waals surface area contributed by atoms with Gasteiger partial charge in [0.2, 0.25) is 0 Å². The number of pyridine rings is 1. The molecule has 0 saturated carbocycles. The van der Waals surface area contributed by atoms with E-state index in [1.807, 2.05) is 0 Å². The maximum Gasteiger partial charge on any atom is 0.408 e. The molecule has 0 bridgehead atoms. The summed E-state index contributed by atoms with van der Waals surface area (Å²) in [6.07, 6.45) is 0.792. The number of nitrogens with one attached hydrogen (secondary N) is 1. The summed E-state index contributed by atoms with van der Waals surface area (Å²) < 4.78 is 32.8. The number of rotatable bonds is 5. The summed E-state index contributed by atoms with van der Waals surface area (Å²) in [5, 5.41) is 2.48. The SMILES string of the molecule is CC[C@H](NC(=O)OC(C)(C)C)C(=O)N(c1cc(F)cc(F)c1)c1ncccc1N. The van der Waals surface area contributed by atoms with Gasteiger partial charge in [-0.25, -0.2) is 18.6 Å². The van der Waals surface area contributed by atoms with Crippen LogP contribution in [0.15, 0.2) is 36.5 Å². The van der Waals surface area contributed by atoms with Gasteiger partial charge in [0.25, 0.3) is 5.91 Å². The Kier molecular flexibility index (Phi) is 6.73. The Hall–Kier alpha value is -3.23. The number of alkyl carbamates (subject to hydrolysis) is 1. The molecule has 0 saturated heterocycles. The number of carbonyl (C=O) groups is 2. The normalized spacial score (nSPS) is 12.2. The minimum atomic E-state index is -1.04. The lowest BCUT2D eigenvalue weighted by molar-refractivity contribution is -0.120. The van der Waals surface area contributed by atoms with Crippen LogP contribution in [0.2, 0.25) is 0 Å². The van der Waals surface area contributed by atoms with Gasteiger partial charge in [-0.3, -0.25) is 9.69 Å². The molecule has 7 nitrogen and oxygen atoms in total. The third kappa shape index (κ3) is 5.87. The van der Waals surface area contributed by atoms with Crippen LogP contribution in [0.1, 0.15) is 34.1 Å². The van der Waals surface area contributed by atoms with Gasteiger partial charge < -0.3 is 15.8 Å². The van der Waals surface area contributed by atoms with Crippen molar-refractivity contribution in [1.29, 1.82) is 0 Å². The highest BCUT2D eigenvalue weighted by Crippen LogP contribution is 2.30. The van der Waals surface area contributed by atoms with E-state index in [4.69, 9.17) is 10.5 Å². The number of benzene rings is 1. The highest BCUT2D eigenvalue weighted by molar-refractivity contribution is 6.05. The molecule has 0 aliphatic carbocycles. The molecule has 1 aromatic heterocycles. The van der Waals surface area contributed by atoms with Crippen LogP contribution < -0.4 is 16.0 Å². The van der Waals surface area contributed by atoms with Crippen LogP contribution in [0.25, 0.3) is 0 Å². The second kappa shape index (κ2) is 8.85. The Bertz CT molecular complexity index is 879. The van der Waals surface area contributed by atoms with Crippen molar-refractivity contribution in [3.8, 4) is 0 Å². The molecule has 3 N–H and O–H groups in total. The summed E-state index contributed by atoms with van der Waals surface area (Å²) in [6.45, 7) is 6.73. The van der Waals surface area contributed by atoms with Gasteiger partial charge in [0.1, 0.15) is 23.3 Å². The molecular formula is C20H24F2N4O3. The molecule has 0 radical (unpaired) electrons. The standard InChI is InChI=1S/C20H24F2N4O3/c1-5-16(25-19(28)29-20(2,3)4)18(27)26(17-15(23)7-6-8-24-17)14-10-12(21)9-13(22)11-14/h6-11,16H,5,23H2,1-4H3,(H,25,28)/t16-/m0/s1. The number of amides is 2. The van der Waals surface area contributed by atoms with Crippen molar-refractivity contribution in [2.24, 2.45) is 0 Å². The number of hydrogen-bond donors (Lipinski definition) is 2. The van der Waals surface area contributed by atoms with Crippen molar-refractivity contribution in [3.63, 3.8) is 0 Å². The Morgan fingerprint density at radius 1 is 1.24 bits per heavy atom. The summed E-state index contributed by atoms with van der Waals surface area (Å²) in [5.74, 6) is -2.43. The average Bonchev–Trinajstić information content (AvgIpc) is 2.59. The van der Waals surface area contributed by atoms with Crippen molar-refractivity contribution in [2.45, 2.75) is 45.8 Å². The van der Waals surface area contributed by atoms with E-state index in [0.29, 0.717) is 6.07 Å². The van der Waals surface area contributed by atoms with Gasteiger partial charge >= 0.3 is 6.09 Å². The smallest absolute Gasteiger partial charge is 0.408 e. The van der Waals surface area contributed by atoms with Crippen LogP contribution in [0.5, 0.6) is 0 Å². The molecule has 0 spiro atoms. The van der Waals surface area contributed by atoms with Crippen molar-refractivity contribution in [2.75, 3.05) is 10.6 Å². The first-order valence-electron chi connectivity index (χ1n) is 9.02. The summed E-state index contributed by atoms with van der Waals surface area (Å²) >= 11 is 0. The van der Waals surface area contributed by atoms with Crippen LogP contribution in [0, 0.1) is 11.6 Å². The first-order valence-corrected chi connectivity index (χ1v) is 9.02. The van der Waals surface area contributed by atoms with E-state index in [1.165, 1.54) is 12.3 Å². The van der Waals surface area contributed by atoms with Crippen molar-refractivity contribution in [3.05, 3.63) is 48.2 Å². The molecule has 0 unspecified atom stereocenters. The van der Waals surface area contributed by atoms with Crippen molar-refractivity contribution < 1.29 is 23.1 Å². The lowest BCUT2D eigenvalue weighted by Crippen LogP contribution is -2.48. The van der Waals surface area contributed by atoms with Gasteiger partial charge in [-0.2, -0.15) is 0 Å². The number of nitrogens with two attached hydrogens (primary N) is 1. The molecule has 2 aromatic rings. The van der Waals surface area contributed by atoms with Crippen LogP contribution in [-0.4, -0.2) is 28.6 Å². The lowest BCUT2D eigenvalue weighted by Gasteiger charge is -2.28. The fourth-order valence-corrected chi connectivity index (χ4v) is 2.56. The lowest BCUT2D eigenvalue weighted by atomic mass is 10.1. The number of carbonyl (C=O) groups excluding carboxylic acids is 2. The fourth-order valence-electron chi connectivity index (χ4n) is 2.56. The zero-order chi connectivity index (χ0) is 21.8. The molecule has 156 valence electrons. The van der Waals surface area contributed by atoms with Gasteiger partial charge in [0.05, 0.1) is 11.4 Å². The summed E-state index contributed by atoms with van der Waals surface area (Å²) in [7, 11) is 0. The Labute approximate surface area is 167 Å². The van der Waals surface area contributed by atoms with E-state index in [2.05, 4.69) is 10.3 Å². The van der Waals surface area contributed by atoms with Gasteiger partial charge in [-0.05, 0) is 51.5 Å². The van der Waals surface area contributed by atoms with Crippen LogP contribution in [0.4, 0.5) is 30.8 Å². The number of nitrogens with zero attached hydrogens (tertiary/aromatic N) is 2. The molecule has 0 fully saturated rings. The fraction of sp³-hybridized carbons (Fsp3) is 0.350. The first-order chi connectivity index (χ1) is 13.5. The Morgan fingerprint density at radius 2 is 1.86 bits per heavy atom. The van der Waals surface area contributed by atoms with E-state index in [1.54, 1.807) is 33.8 Å². The molecular weight excluding hydrogens is 382 g/mol. The topological polar surface area (TPSA) is 97.5 Å². The number of aromatic nitrogens is 1. The van der Waals surface area contributed by atoms with E-state index in [0.717, 1.165) is 17.0 Å². The summed E-state index contributed by atoms with van der Waals surface area (Å²) in [6, 6.07) is 4.66. The summed E-state index contributed by atoms with van der Waals surface area (Å²) in [4.78, 5) is 30.5. The van der Waals surface area contributed by atoms with Crippen molar-refractivity contribution in [1.82, 2.24) is 10.3 Å². The molecule has 9 heteroatoms. The highest BCUT2D eigenvalue weighted by atomic mass is 19.1. The van der Waals surface area contributed by atoms with E-state index >= 15 is 0 Å². The second-order valence-electron chi connectivity index (χ2n) is 7.32. The Balaban J connectivity index is 2.45. The van der Waals surface area contributed by atoms with Crippen LogP contribution >= 0.6 is 0 Å². The average molecular weight is 406 g/mol. The number of hydrogen-bond acceptors (Lipinski definition) is 5. The number of ether oxygens (including phenoxy) is 1. The zero-order valence-electron chi connectivity index (χ0n) is 16.7. The molecule has 0 aliphatic heterocycles. The largest absolute Gasteiger partial charge is 0.444 e. The monoisotopic (exact) mass is 406 g/mol. The maximum atomic E-state index is 13.8. The maximum absolute atomic E-state index is 13.8. The zero-order valence-corrected chi connectivity index (χ0v) is 16.7. The quantitative estimate of drug-likeness (QED) is 0.785. The minimum Gasteiger partial charge on any atom is -0.444 e. The van der Waals surface area contributed by atoms with Crippen molar-refractivity contribution >= 4 is 29.2 Å². The molecule has 2 rings (SSSR count). The van der Waals surface area contributed by atoms with E-state index in [-0.39, 0.29) is 23.6 Å². The van der Waals surface area contributed by atoms with Crippen LogP contribution in [0.3, 0.4) is 0 Å². The number of halogens is 2. The van der Waals surface area contributed by atoms with Crippen LogP contribution in [-0.2, 0) is 9.53 Å². The van der Waals surface area contributed by atoms with Gasteiger partial charge in [-0.1, -0.05) is 6.92 Å². The molecule has 0 aliphatic rings. The Morgan fingerprint density at radius 3 is 2.38 bits per heavy atom. The highest BCUT2D eigenvalue weighted by Gasteiger charge is 2.31. The number of nitrogen functional groups attached to an aromatic ring is 1. The third-order valence-electron chi connectivity index (χ3n) is 3.75. The second-order valence-corrected chi connectivity index (χ2v) is 7.32. The van der Waals surface area contributed by atoms with Gasteiger partial charge in [0, 0.05) is 12.3 Å². The molecule has 29 heavy (non-hydrogen) atoms. The predicted molar refractivity (Wildman–Crippen MR) is 106 cm³/mol. The third-order valence-corrected chi connectivity index (χ3v) is 3.75. The van der Waals surface area contributed by atoms with E-state index in [9.17, 15) is 18.4 Å². The number of anilines is 3. The first kappa shape index (κ1) is 22.1. The predicted octanol–water partition coefficient (Wildman–Crippen LogP) is 3.91. The molecule has 1 aromatic carbocycles. The molecule has 1 heterocycles. The molecule has 1 atom stereocenters. The van der Waals surface area contributed by atoms with E-state index < -0.39 is 35.3 Å².